The number of aryl methyl sites for hydroxylation is 2. The van der Waals surface area contributed by atoms with Crippen molar-refractivity contribution in [1.82, 2.24) is 15.3 Å². The van der Waals surface area contributed by atoms with E-state index in [9.17, 15) is 4.79 Å². The number of amides is 1. The molecular formula is C16H20N4O. The van der Waals surface area contributed by atoms with Crippen LogP contribution in [-0.4, -0.2) is 22.9 Å². The number of carbonyl (C=O) groups is 1. The summed E-state index contributed by atoms with van der Waals surface area (Å²) in [7, 11) is 1.79. The quantitative estimate of drug-likeness (QED) is 0.884. The van der Waals surface area contributed by atoms with Crippen molar-refractivity contribution in [2.75, 3.05) is 12.4 Å². The van der Waals surface area contributed by atoms with E-state index in [0.29, 0.717) is 17.9 Å². The highest BCUT2D eigenvalue weighted by Gasteiger charge is 2.09. The summed E-state index contributed by atoms with van der Waals surface area (Å²) >= 11 is 0. The molecule has 0 bridgehead atoms. The molecule has 0 saturated carbocycles. The zero-order chi connectivity index (χ0) is 15.2. The summed E-state index contributed by atoms with van der Waals surface area (Å²) < 4.78 is 0. The molecule has 0 atom stereocenters. The van der Waals surface area contributed by atoms with E-state index in [1.54, 1.807) is 19.3 Å². The topological polar surface area (TPSA) is 66.9 Å². The third kappa shape index (κ3) is 3.78. The number of anilines is 1. The van der Waals surface area contributed by atoms with Gasteiger partial charge in [0.1, 0.15) is 5.82 Å². The van der Waals surface area contributed by atoms with Gasteiger partial charge in [-0.3, -0.25) is 9.78 Å². The first-order valence-corrected chi connectivity index (χ1v) is 7.01. The fourth-order valence-electron chi connectivity index (χ4n) is 2.00. The molecule has 5 heteroatoms. The molecule has 1 amide bonds. The van der Waals surface area contributed by atoms with Crippen molar-refractivity contribution in [3.63, 3.8) is 0 Å². The first kappa shape index (κ1) is 15.0. The lowest BCUT2D eigenvalue weighted by molar-refractivity contribution is 0.0950. The number of aromatic nitrogens is 2. The normalized spacial score (nSPS) is 10.2. The molecule has 0 unspecified atom stereocenters. The van der Waals surface area contributed by atoms with Gasteiger partial charge in [-0.2, -0.15) is 0 Å². The van der Waals surface area contributed by atoms with Gasteiger partial charge in [0.25, 0.3) is 5.91 Å². The molecule has 0 aliphatic rings. The number of pyridine rings is 2. The van der Waals surface area contributed by atoms with E-state index in [1.165, 1.54) is 0 Å². The van der Waals surface area contributed by atoms with E-state index >= 15 is 0 Å². The van der Waals surface area contributed by atoms with Crippen LogP contribution in [0, 0.1) is 6.92 Å². The van der Waals surface area contributed by atoms with Crippen molar-refractivity contribution in [3.8, 4) is 0 Å². The first-order valence-electron chi connectivity index (χ1n) is 7.01. The third-order valence-corrected chi connectivity index (χ3v) is 3.29. The highest BCUT2D eigenvalue weighted by atomic mass is 16.1. The maximum Gasteiger partial charge on any atom is 0.251 e. The Morgan fingerprint density at radius 3 is 2.81 bits per heavy atom. The van der Waals surface area contributed by atoms with Crippen LogP contribution >= 0.6 is 0 Å². The molecule has 2 heterocycles. The van der Waals surface area contributed by atoms with E-state index in [-0.39, 0.29) is 5.91 Å². The summed E-state index contributed by atoms with van der Waals surface area (Å²) in [4.78, 5) is 20.9. The van der Waals surface area contributed by atoms with Gasteiger partial charge in [0, 0.05) is 24.5 Å². The Balaban J connectivity index is 2.11. The van der Waals surface area contributed by atoms with E-state index < -0.39 is 0 Å². The smallest absolute Gasteiger partial charge is 0.251 e. The van der Waals surface area contributed by atoms with Gasteiger partial charge in [-0.1, -0.05) is 13.0 Å². The van der Waals surface area contributed by atoms with E-state index in [1.807, 2.05) is 32.0 Å². The highest BCUT2D eigenvalue weighted by Crippen LogP contribution is 2.11. The van der Waals surface area contributed by atoms with E-state index in [2.05, 4.69) is 20.6 Å². The zero-order valence-corrected chi connectivity index (χ0v) is 12.6. The molecule has 0 aliphatic heterocycles. The Hall–Kier alpha value is -2.43. The van der Waals surface area contributed by atoms with E-state index in [4.69, 9.17) is 0 Å². The number of hydrogen-bond donors (Lipinski definition) is 2. The lowest BCUT2D eigenvalue weighted by Crippen LogP contribution is -2.24. The van der Waals surface area contributed by atoms with E-state index in [0.717, 1.165) is 23.4 Å². The van der Waals surface area contributed by atoms with Gasteiger partial charge >= 0.3 is 0 Å². The lowest BCUT2D eigenvalue weighted by atomic mass is 10.1. The first-order chi connectivity index (χ1) is 10.1. The summed E-state index contributed by atoms with van der Waals surface area (Å²) in [5, 5.41) is 5.88. The van der Waals surface area contributed by atoms with Crippen molar-refractivity contribution in [2.24, 2.45) is 0 Å². The SMILES string of the molecule is CCc1cc(C(=O)NCc2ncccc2C)cc(NC)n1. The van der Waals surface area contributed by atoms with Crippen molar-refractivity contribution < 1.29 is 4.79 Å². The fraction of sp³-hybridized carbons (Fsp3) is 0.312. The Labute approximate surface area is 124 Å². The Kier molecular flexibility index (Phi) is 4.87. The van der Waals surface area contributed by atoms with Gasteiger partial charge in [-0.25, -0.2) is 4.98 Å². The lowest BCUT2D eigenvalue weighted by Gasteiger charge is -2.09. The predicted molar refractivity (Wildman–Crippen MR) is 83.3 cm³/mol. The average molecular weight is 284 g/mol. The van der Waals surface area contributed by atoms with Crippen LogP contribution in [0.25, 0.3) is 0 Å². The summed E-state index contributed by atoms with van der Waals surface area (Å²) in [6.45, 7) is 4.42. The van der Waals surface area contributed by atoms with Crippen LogP contribution in [0.5, 0.6) is 0 Å². The molecule has 0 aliphatic carbocycles. The van der Waals surface area contributed by atoms with Gasteiger partial charge in [0.05, 0.1) is 12.2 Å². The second-order valence-corrected chi connectivity index (χ2v) is 4.79. The summed E-state index contributed by atoms with van der Waals surface area (Å²) in [6.07, 6.45) is 2.52. The second-order valence-electron chi connectivity index (χ2n) is 4.79. The summed E-state index contributed by atoms with van der Waals surface area (Å²) in [5.74, 6) is 0.585. The largest absolute Gasteiger partial charge is 0.373 e. The molecule has 2 rings (SSSR count). The average Bonchev–Trinajstić information content (AvgIpc) is 2.53. The van der Waals surface area contributed by atoms with Crippen molar-refractivity contribution in [1.29, 1.82) is 0 Å². The number of carbonyl (C=O) groups excluding carboxylic acids is 1. The fourth-order valence-corrected chi connectivity index (χ4v) is 2.00. The molecule has 5 nitrogen and oxygen atoms in total. The Bertz CT molecular complexity index is 618. The molecule has 0 spiro atoms. The van der Waals surface area contributed by atoms with Crippen LogP contribution in [0.4, 0.5) is 5.82 Å². The van der Waals surface area contributed by atoms with Crippen LogP contribution in [-0.2, 0) is 13.0 Å². The van der Waals surface area contributed by atoms with Gasteiger partial charge < -0.3 is 10.6 Å². The van der Waals surface area contributed by atoms with Crippen LogP contribution in [0.15, 0.2) is 30.5 Å². The molecule has 0 saturated heterocycles. The summed E-state index contributed by atoms with van der Waals surface area (Å²) in [6, 6.07) is 7.44. The minimum Gasteiger partial charge on any atom is -0.373 e. The Morgan fingerprint density at radius 2 is 2.14 bits per heavy atom. The molecule has 21 heavy (non-hydrogen) atoms. The van der Waals surface area contributed by atoms with Gasteiger partial charge in [-0.15, -0.1) is 0 Å². The molecular weight excluding hydrogens is 264 g/mol. The second kappa shape index (κ2) is 6.83. The maximum atomic E-state index is 12.3. The summed E-state index contributed by atoms with van der Waals surface area (Å²) in [5.41, 5.74) is 3.45. The van der Waals surface area contributed by atoms with Gasteiger partial charge in [0.2, 0.25) is 0 Å². The monoisotopic (exact) mass is 284 g/mol. The van der Waals surface area contributed by atoms with Crippen molar-refractivity contribution in [3.05, 3.63) is 53.0 Å². The minimum absolute atomic E-state index is 0.117. The predicted octanol–water partition coefficient (Wildman–Crippen LogP) is 2.32. The van der Waals surface area contributed by atoms with Crippen LogP contribution in [0.1, 0.15) is 34.2 Å². The Morgan fingerprint density at radius 1 is 1.33 bits per heavy atom. The molecule has 0 radical (unpaired) electrons. The molecule has 0 fully saturated rings. The van der Waals surface area contributed by atoms with Crippen LogP contribution in [0.2, 0.25) is 0 Å². The molecule has 2 N–H and O–H groups in total. The molecule has 110 valence electrons. The highest BCUT2D eigenvalue weighted by molar-refractivity contribution is 5.94. The van der Waals surface area contributed by atoms with Crippen molar-refractivity contribution in [2.45, 2.75) is 26.8 Å². The third-order valence-electron chi connectivity index (χ3n) is 3.29. The minimum atomic E-state index is -0.117. The molecule has 0 aromatic carbocycles. The number of nitrogens with one attached hydrogen (secondary N) is 2. The van der Waals surface area contributed by atoms with Gasteiger partial charge in [-0.05, 0) is 37.1 Å². The van der Waals surface area contributed by atoms with Crippen LogP contribution in [0.3, 0.4) is 0 Å². The standard InChI is InChI=1S/C16H20N4O/c1-4-13-8-12(9-15(17-3)20-13)16(21)19-10-14-11(2)6-5-7-18-14/h5-9H,4,10H2,1-3H3,(H,17,20)(H,19,21). The number of nitrogens with zero attached hydrogens (tertiary/aromatic N) is 2. The van der Waals surface area contributed by atoms with Gasteiger partial charge in [0.15, 0.2) is 0 Å². The number of rotatable bonds is 5. The van der Waals surface area contributed by atoms with Crippen LogP contribution < -0.4 is 10.6 Å². The zero-order valence-electron chi connectivity index (χ0n) is 12.6. The number of hydrogen-bond acceptors (Lipinski definition) is 4. The van der Waals surface area contributed by atoms with Crippen molar-refractivity contribution >= 4 is 11.7 Å². The molecule has 2 aromatic heterocycles. The maximum absolute atomic E-state index is 12.3. The molecule has 2 aromatic rings.